The Morgan fingerprint density at radius 2 is 2.06 bits per heavy atom. The fraction of sp³-hybridized carbons (Fsp3) is 0. The van der Waals surface area contributed by atoms with Crippen LogP contribution in [-0.4, -0.2) is 14.7 Å². The van der Waals surface area contributed by atoms with Gasteiger partial charge >= 0.3 is 5.69 Å². The van der Waals surface area contributed by atoms with Crippen LogP contribution in [0.25, 0.3) is 5.69 Å². The molecule has 0 radical (unpaired) electrons. The van der Waals surface area contributed by atoms with Gasteiger partial charge in [0.1, 0.15) is 0 Å². The fourth-order valence-corrected chi connectivity index (χ4v) is 1.89. The molecular weight excluding hydrogens is 342 g/mol. The Hall–Kier alpha value is -1.64. The lowest BCUT2D eigenvalue weighted by atomic mass is 10.3. The molecule has 0 aliphatic rings. The van der Waals surface area contributed by atoms with E-state index in [1.807, 2.05) is 22.6 Å². The molecule has 7 heteroatoms. The third-order valence-electron chi connectivity index (χ3n) is 2.10. The second-order valence-corrected chi connectivity index (χ2v) is 4.46. The van der Waals surface area contributed by atoms with E-state index in [1.54, 1.807) is 23.2 Å². The highest BCUT2D eigenvalue weighted by molar-refractivity contribution is 14.1. The second kappa shape index (κ2) is 4.32. The van der Waals surface area contributed by atoms with Crippen LogP contribution in [0, 0.1) is 9.39 Å². The van der Waals surface area contributed by atoms with E-state index in [2.05, 4.69) is 0 Å². The predicted octanol–water partition coefficient (Wildman–Crippen LogP) is 0.975. The number of benzene rings is 1. The van der Waals surface area contributed by atoms with E-state index < -0.39 is 22.9 Å². The van der Waals surface area contributed by atoms with Crippen LogP contribution in [0.2, 0.25) is 0 Å². The van der Waals surface area contributed by atoms with Crippen LogP contribution in [0.15, 0.2) is 33.9 Å². The molecule has 17 heavy (non-hydrogen) atoms. The maximum Gasteiger partial charge on any atom is 0.335 e. The third kappa shape index (κ3) is 2.09. The Bertz CT molecular complexity index is 693. The Balaban J connectivity index is 2.81. The molecule has 0 aliphatic carbocycles. The van der Waals surface area contributed by atoms with Crippen molar-refractivity contribution in [3.63, 3.8) is 0 Å². The molecule has 2 N–H and O–H groups in total. The van der Waals surface area contributed by atoms with Crippen molar-refractivity contribution in [2.24, 2.45) is 0 Å². The highest BCUT2D eigenvalue weighted by Gasteiger charge is 2.14. The highest BCUT2D eigenvalue weighted by atomic mass is 127. The lowest BCUT2D eigenvalue weighted by molar-refractivity contribution is 0.386. The molecule has 0 fully saturated rings. The zero-order chi connectivity index (χ0) is 12.6. The van der Waals surface area contributed by atoms with Crippen molar-refractivity contribution in [3.05, 3.63) is 54.5 Å². The van der Waals surface area contributed by atoms with Gasteiger partial charge in [-0.05, 0) is 40.8 Å². The zero-order valence-corrected chi connectivity index (χ0v) is 10.4. The van der Waals surface area contributed by atoms with Crippen LogP contribution >= 0.6 is 22.6 Å². The van der Waals surface area contributed by atoms with E-state index in [-0.39, 0.29) is 5.69 Å². The average Bonchev–Trinajstić information content (AvgIpc) is 2.26. The van der Waals surface area contributed by atoms with Crippen LogP contribution in [0.4, 0.5) is 4.39 Å². The van der Waals surface area contributed by atoms with E-state index in [9.17, 15) is 19.1 Å². The molecule has 0 saturated carbocycles. The van der Waals surface area contributed by atoms with E-state index >= 15 is 0 Å². The number of nitrogens with zero attached hydrogens (tertiary/aromatic N) is 1. The first-order valence-corrected chi connectivity index (χ1v) is 5.58. The fourth-order valence-electron chi connectivity index (χ4n) is 1.36. The van der Waals surface area contributed by atoms with Crippen molar-refractivity contribution in [3.8, 4) is 11.6 Å². The Kier molecular flexibility index (Phi) is 3.01. The summed E-state index contributed by atoms with van der Waals surface area (Å²) in [5.74, 6) is -2.38. The number of hydrogen-bond acceptors (Lipinski definition) is 3. The first-order valence-electron chi connectivity index (χ1n) is 4.50. The SMILES string of the molecule is O=c1[nH]c(=O)n(-c2cccc(I)c2)c(O)c1F. The monoisotopic (exact) mass is 348 g/mol. The van der Waals surface area contributed by atoms with Crippen molar-refractivity contribution in [2.75, 3.05) is 0 Å². The normalized spacial score (nSPS) is 10.5. The summed E-state index contributed by atoms with van der Waals surface area (Å²) in [4.78, 5) is 24.2. The van der Waals surface area contributed by atoms with Crippen LogP contribution in [0.1, 0.15) is 0 Å². The number of H-pyrrole nitrogens is 1. The summed E-state index contributed by atoms with van der Waals surface area (Å²) in [5.41, 5.74) is -1.86. The number of halogens is 2. The molecule has 0 atom stereocenters. The summed E-state index contributed by atoms with van der Waals surface area (Å²) in [6.45, 7) is 0. The average molecular weight is 348 g/mol. The molecule has 0 aliphatic heterocycles. The maximum atomic E-state index is 13.2. The molecule has 1 heterocycles. The van der Waals surface area contributed by atoms with Crippen LogP contribution in [0.3, 0.4) is 0 Å². The number of aromatic nitrogens is 2. The van der Waals surface area contributed by atoms with Crippen molar-refractivity contribution >= 4 is 22.6 Å². The smallest absolute Gasteiger partial charge is 0.335 e. The zero-order valence-electron chi connectivity index (χ0n) is 8.28. The van der Waals surface area contributed by atoms with Gasteiger partial charge in [0.15, 0.2) is 0 Å². The van der Waals surface area contributed by atoms with Gasteiger partial charge in [0, 0.05) is 3.57 Å². The van der Waals surface area contributed by atoms with E-state index in [4.69, 9.17) is 0 Å². The largest absolute Gasteiger partial charge is 0.492 e. The Labute approximate surface area is 108 Å². The van der Waals surface area contributed by atoms with Crippen molar-refractivity contribution in [2.45, 2.75) is 0 Å². The number of hydrogen-bond donors (Lipinski definition) is 2. The number of nitrogens with one attached hydrogen (secondary N) is 1. The molecule has 2 rings (SSSR count). The van der Waals surface area contributed by atoms with Crippen molar-refractivity contribution in [1.82, 2.24) is 9.55 Å². The minimum atomic E-state index is -1.39. The molecule has 1 aromatic carbocycles. The summed E-state index contributed by atoms with van der Waals surface area (Å²) < 4.78 is 14.7. The second-order valence-electron chi connectivity index (χ2n) is 3.21. The Morgan fingerprint density at radius 3 is 2.71 bits per heavy atom. The van der Waals surface area contributed by atoms with Crippen LogP contribution in [-0.2, 0) is 0 Å². The summed E-state index contributed by atoms with van der Waals surface area (Å²) in [6.07, 6.45) is 0. The van der Waals surface area contributed by atoms with Gasteiger partial charge in [-0.2, -0.15) is 4.39 Å². The molecule has 0 amide bonds. The van der Waals surface area contributed by atoms with Gasteiger partial charge in [-0.25, -0.2) is 9.36 Å². The van der Waals surface area contributed by atoms with Crippen molar-refractivity contribution in [1.29, 1.82) is 0 Å². The molecule has 0 spiro atoms. The molecular formula is C10H6FIN2O3. The molecule has 2 aromatic rings. The van der Waals surface area contributed by atoms with Gasteiger partial charge in [-0.3, -0.25) is 9.78 Å². The van der Waals surface area contributed by atoms with Gasteiger partial charge in [0.05, 0.1) is 5.69 Å². The van der Waals surface area contributed by atoms with Gasteiger partial charge in [0.25, 0.3) is 5.56 Å². The number of aromatic amines is 1. The molecule has 88 valence electrons. The third-order valence-corrected chi connectivity index (χ3v) is 2.77. The van der Waals surface area contributed by atoms with Gasteiger partial charge in [-0.1, -0.05) is 6.07 Å². The highest BCUT2D eigenvalue weighted by Crippen LogP contribution is 2.16. The maximum absolute atomic E-state index is 13.2. The minimum absolute atomic E-state index is 0.273. The molecule has 5 nitrogen and oxygen atoms in total. The van der Waals surface area contributed by atoms with Gasteiger partial charge < -0.3 is 5.11 Å². The lowest BCUT2D eigenvalue weighted by Crippen LogP contribution is -2.30. The van der Waals surface area contributed by atoms with Crippen molar-refractivity contribution < 1.29 is 9.50 Å². The first kappa shape index (κ1) is 11.8. The molecule has 1 aromatic heterocycles. The number of rotatable bonds is 1. The predicted molar refractivity (Wildman–Crippen MR) is 67.0 cm³/mol. The summed E-state index contributed by atoms with van der Waals surface area (Å²) in [7, 11) is 0. The minimum Gasteiger partial charge on any atom is -0.492 e. The topological polar surface area (TPSA) is 75.1 Å². The van der Waals surface area contributed by atoms with E-state index in [0.717, 1.165) is 3.57 Å². The summed E-state index contributed by atoms with van der Waals surface area (Å²) >= 11 is 2.01. The van der Waals surface area contributed by atoms with Crippen LogP contribution in [0.5, 0.6) is 5.88 Å². The molecule has 0 unspecified atom stereocenters. The quantitative estimate of drug-likeness (QED) is 0.755. The standard InChI is InChI=1S/C10H6FIN2O3/c11-7-8(15)13-10(17)14(9(7)16)6-3-1-2-5(12)4-6/h1-4,16H,(H,13,15,17). The lowest BCUT2D eigenvalue weighted by Gasteiger charge is -2.07. The van der Waals surface area contributed by atoms with Gasteiger partial charge in [0.2, 0.25) is 11.7 Å². The molecule has 0 bridgehead atoms. The van der Waals surface area contributed by atoms with E-state index in [1.165, 1.54) is 6.07 Å². The summed E-state index contributed by atoms with van der Waals surface area (Å²) in [6, 6.07) is 6.50. The van der Waals surface area contributed by atoms with Gasteiger partial charge in [-0.15, -0.1) is 0 Å². The van der Waals surface area contributed by atoms with E-state index in [0.29, 0.717) is 4.57 Å². The first-order chi connectivity index (χ1) is 8.00. The Morgan fingerprint density at radius 1 is 1.35 bits per heavy atom. The summed E-state index contributed by atoms with van der Waals surface area (Å²) in [5, 5.41) is 9.47. The molecule has 0 saturated heterocycles. The van der Waals surface area contributed by atoms with Crippen LogP contribution < -0.4 is 11.2 Å². The number of aromatic hydroxyl groups is 1.